The second-order valence-electron chi connectivity index (χ2n) is 7.13. The molecule has 0 heterocycles. The Morgan fingerprint density at radius 3 is 1.97 bits per heavy atom. The number of likely N-dealkylation sites (N-methyl/N-ethyl adjacent to an activating group) is 2. The fraction of sp³-hybridized carbons (Fsp3) is 0.381. The van der Waals surface area contributed by atoms with Crippen LogP contribution >= 0.6 is 31.9 Å². The highest BCUT2D eigenvalue weighted by atomic mass is 79.9. The third-order valence-corrected chi connectivity index (χ3v) is 5.57. The lowest BCUT2D eigenvalue weighted by Gasteiger charge is -2.30. The van der Waals surface area contributed by atoms with E-state index in [2.05, 4.69) is 31.9 Å². The number of methoxy groups -OCH3 is 1. The van der Waals surface area contributed by atoms with Crippen LogP contribution in [-0.2, 0) is 17.8 Å². The Bertz CT molecular complexity index is 894. The van der Waals surface area contributed by atoms with Gasteiger partial charge in [-0.15, -0.1) is 0 Å². The molecule has 0 fully saturated rings. The summed E-state index contributed by atoms with van der Waals surface area (Å²) in [6.07, 6.45) is -0.958. The van der Waals surface area contributed by atoms with Gasteiger partial charge in [-0.1, -0.05) is 43.4 Å². The Morgan fingerprint density at radius 2 is 1.47 bits per heavy atom. The molecule has 0 amide bonds. The number of hydrogen-bond acceptors (Lipinski definition) is 7. The molecule has 0 saturated heterocycles. The summed E-state index contributed by atoms with van der Waals surface area (Å²) in [4.78, 5) is 15.0. The molecular formula is C21H23Br2N2O5-3. The first-order chi connectivity index (χ1) is 14.2. The van der Waals surface area contributed by atoms with Crippen LogP contribution in [0.25, 0.3) is 0 Å². The van der Waals surface area contributed by atoms with Gasteiger partial charge in [0.1, 0.15) is 6.29 Å². The molecule has 0 aliphatic carbocycles. The quantitative estimate of drug-likeness (QED) is 0.333. The van der Waals surface area contributed by atoms with E-state index in [-0.39, 0.29) is 22.6 Å². The molecular weight excluding hydrogens is 520 g/mol. The molecule has 0 N–H and O–H groups in total. The van der Waals surface area contributed by atoms with Crippen LogP contribution in [0.15, 0.2) is 33.2 Å². The number of rotatable bonds is 10. The molecule has 0 bridgehead atoms. The van der Waals surface area contributed by atoms with Gasteiger partial charge in [-0.2, -0.15) is 0 Å². The maximum Gasteiger partial charge on any atom is 0.149 e. The predicted molar refractivity (Wildman–Crippen MR) is 115 cm³/mol. The lowest BCUT2D eigenvalue weighted by molar-refractivity contribution is -0.497. The van der Waals surface area contributed by atoms with E-state index in [1.807, 2.05) is 23.9 Å². The van der Waals surface area contributed by atoms with Crippen LogP contribution in [0.4, 0.5) is 0 Å². The minimum Gasteiger partial charge on any atom is -0.872 e. The predicted octanol–water partition coefficient (Wildman–Crippen LogP) is 1.74. The third-order valence-electron chi connectivity index (χ3n) is 4.66. The number of aldehydes is 1. The molecule has 1 atom stereocenters. The molecule has 2 rings (SSSR count). The Morgan fingerprint density at radius 1 is 0.967 bits per heavy atom. The van der Waals surface area contributed by atoms with Gasteiger partial charge in [0.2, 0.25) is 0 Å². The Labute approximate surface area is 193 Å². The Hall–Kier alpha value is -1.49. The van der Waals surface area contributed by atoms with Crippen LogP contribution in [0.2, 0.25) is 0 Å². The molecule has 2 aromatic rings. The molecule has 30 heavy (non-hydrogen) atoms. The van der Waals surface area contributed by atoms with Gasteiger partial charge in [0, 0.05) is 54.1 Å². The highest BCUT2D eigenvalue weighted by molar-refractivity contribution is 9.10. The summed E-state index contributed by atoms with van der Waals surface area (Å²) < 4.78 is 6.09. The van der Waals surface area contributed by atoms with Crippen molar-refractivity contribution in [2.24, 2.45) is 0 Å². The van der Waals surface area contributed by atoms with Gasteiger partial charge >= 0.3 is 0 Å². The van der Waals surface area contributed by atoms with Gasteiger partial charge in [-0.25, -0.2) is 0 Å². The summed E-state index contributed by atoms with van der Waals surface area (Å²) in [7, 11) is 5.03. The van der Waals surface area contributed by atoms with Crippen molar-refractivity contribution in [1.82, 2.24) is 9.80 Å². The number of carbonyl (C=O) groups excluding carboxylic acids is 1. The fourth-order valence-electron chi connectivity index (χ4n) is 3.05. The summed E-state index contributed by atoms with van der Waals surface area (Å²) in [5, 5.41) is 36.7. The van der Waals surface area contributed by atoms with Crippen molar-refractivity contribution in [3.8, 4) is 11.5 Å². The number of benzene rings is 2. The summed E-state index contributed by atoms with van der Waals surface area (Å²) in [5.41, 5.74) is 1.25. The average Bonchev–Trinajstić information content (AvgIpc) is 2.70. The monoisotopic (exact) mass is 541 g/mol. The number of carbonyl (C=O) groups is 1. The van der Waals surface area contributed by atoms with Gasteiger partial charge in [-0.3, -0.25) is 4.79 Å². The second-order valence-corrected chi connectivity index (χ2v) is 8.96. The van der Waals surface area contributed by atoms with E-state index < -0.39 is 6.29 Å². The lowest BCUT2D eigenvalue weighted by atomic mass is 10.1. The van der Waals surface area contributed by atoms with Crippen molar-refractivity contribution in [2.45, 2.75) is 19.4 Å². The number of ether oxygens (including phenoxy) is 1. The SMILES string of the molecule is COC([O-])c1cc(Br)cc(CN(C)CCN(C)Cc2cc(Br)cc(C=O)c2[O-])c1[O-]. The van der Waals surface area contributed by atoms with Gasteiger partial charge in [0.05, 0.1) is 0 Å². The average molecular weight is 543 g/mol. The second kappa shape index (κ2) is 11.2. The first-order valence-corrected chi connectivity index (χ1v) is 10.7. The van der Waals surface area contributed by atoms with Crippen LogP contribution in [-0.4, -0.2) is 50.4 Å². The summed E-state index contributed by atoms with van der Waals surface area (Å²) in [5.74, 6) is -0.580. The van der Waals surface area contributed by atoms with Crippen LogP contribution in [0, 0.1) is 0 Å². The zero-order valence-corrected chi connectivity index (χ0v) is 20.2. The van der Waals surface area contributed by atoms with Crippen molar-refractivity contribution in [3.63, 3.8) is 0 Å². The molecule has 9 heteroatoms. The molecule has 0 spiro atoms. The molecule has 0 aromatic heterocycles. The van der Waals surface area contributed by atoms with E-state index in [0.29, 0.717) is 52.5 Å². The van der Waals surface area contributed by atoms with E-state index in [1.165, 1.54) is 19.2 Å². The van der Waals surface area contributed by atoms with E-state index in [1.54, 1.807) is 12.1 Å². The number of halogens is 2. The normalized spacial score (nSPS) is 12.5. The van der Waals surface area contributed by atoms with E-state index in [9.17, 15) is 20.1 Å². The third kappa shape index (κ3) is 6.50. The van der Waals surface area contributed by atoms with E-state index in [4.69, 9.17) is 4.74 Å². The molecule has 0 saturated carbocycles. The van der Waals surface area contributed by atoms with Crippen LogP contribution in [0.3, 0.4) is 0 Å². The van der Waals surface area contributed by atoms with E-state index in [0.717, 1.165) is 0 Å². The van der Waals surface area contributed by atoms with Crippen molar-refractivity contribution >= 4 is 38.1 Å². The largest absolute Gasteiger partial charge is 0.872 e. The van der Waals surface area contributed by atoms with E-state index >= 15 is 0 Å². The van der Waals surface area contributed by atoms with Crippen LogP contribution in [0.5, 0.6) is 11.5 Å². The fourth-order valence-corrected chi connectivity index (χ4v) is 4.10. The maximum atomic E-state index is 12.6. The highest BCUT2D eigenvalue weighted by Gasteiger charge is 2.10. The van der Waals surface area contributed by atoms with Crippen molar-refractivity contribution in [1.29, 1.82) is 0 Å². The van der Waals surface area contributed by atoms with Gasteiger partial charge in [-0.05, 0) is 55.1 Å². The minimum atomic E-state index is -1.52. The lowest BCUT2D eigenvalue weighted by Crippen LogP contribution is -2.31. The van der Waals surface area contributed by atoms with Crippen LogP contribution in [0.1, 0.15) is 33.3 Å². The smallest absolute Gasteiger partial charge is 0.149 e. The topological polar surface area (TPSA) is 102 Å². The number of hydrogen-bond donors (Lipinski definition) is 0. The molecule has 0 aliphatic rings. The highest BCUT2D eigenvalue weighted by Crippen LogP contribution is 2.30. The molecule has 0 aliphatic heterocycles. The van der Waals surface area contributed by atoms with Crippen molar-refractivity contribution in [2.75, 3.05) is 34.3 Å². The molecule has 7 nitrogen and oxygen atoms in total. The van der Waals surface area contributed by atoms with Gasteiger partial charge in [0.25, 0.3) is 0 Å². The van der Waals surface area contributed by atoms with Crippen LogP contribution < -0.4 is 15.3 Å². The summed E-state index contributed by atoms with van der Waals surface area (Å²) in [6.45, 7) is 2.03. The standard InChI is InChI=1S/C21H25Br2N2O5/c1-24(10-13-6-16(22)8-15(12-26)19(13)27)4-5-25(2)11-14-7-17(23)9-18(20(14)28)21(29)30-3/h6-9,12,21,27-28H,4-5,10-11H2,1-3H3/q-1/p-2. The Balaban J connectivity index is 2.00. The van der Waals surface area contributed by atoms with Gasteiger partial charge in [0.15, 0.2) is 0 Å². The number of nitrogens with zero attached hydrogens (tertiary/aromatic N) is 2. The van der Waals surface area contributed by atoms with Crippen molar-refractivity contribution < 1.29 is 24.9 Å². The Kier molecular flexibility index (Phi) is 9.27. The molecule has 164 valence electrons. The molecule has 0 radical (unpaired) electrons. The summed E-state index contributed by atoms with van der Waals surface area (Å²) >= 11 is 6.66. The maximum absolute atomic E-state index is 12.6. The zero-order valence-electron chi connectivity index (χ0n) is 17.0. The first-order valence-electron chi connectivity index (χ1n) is 9.15. The molecule has 2 aromatic carbocycles. The van der Waals surface area contributed by atoms with Gasteiger partial charge < -0.3 is 29.9 Å². The zero-order chi connectivity index (χ0) is 22.4. The summed E-state index contributed by atoms with van der Waals surface area (Å²) in [6, 6.07) is 6.43. The first kappa shape index (κ1) is 24.8. The molecule has 1 unspecified atom stereocenters. The van der Waals surface area contributed by atoms with Crippen molar-refractivity contribution in [3.05, 3.63) is 55.5 Å². The minimum absolute atomic E-state index is 0.0796.